The quantitative estimate of drug-likeness (QED) is 0.774. The Labute approximate surface area is 118 Å². The van der Waals surface area contributed by atoms with E-state index in [1.807, 2.05) is 12.1 Å². The average molecular weight is 316 g/mol. The van der Waals surface area contributed by atoms with E-state index in [-0.39, 0.29) is 12.6 Å². The van der Waals surface area contributed by atoms with Crippen molar-refractivity contribution < 1.29 is 9.84 Å². The van der Waals surface area contributed by atoms with E-state index in [1.165, 1.54) is 5.56 Å². The lowest BCUT2D eigenvalue weighted by Crippen LogP contribution is -2.31. The van der Waals surface area contributed by atoms with Crippen molar-refractivity contribution in [3.05, 3.63) is 28.2 Å². The summed E-state index contributed by atoms with van der Waals surface area (Å²) in [6, 6.07) is 6.26. The van der Waals surface area contributed by atoms with Crippen molar-refractivity contribution in [2.24, 2.45) is 0 Å². The minimum absolute atomic E-state index is 0.166. The van der Waals surface area contributed by atoms with E-state index in [9.17, 15) is 0 Å². The van der Waals surface area contributed by atoms with Gasteiger partial charge in [-0.2, -0.15) is 0 Å². The first kappa shape index (κ1) is 15.5. The normalized spacial score (nSPS) is 12.4. The molecular weight excluding hydrogens is 294 g/mol. The molecule has 0 aliphatic carbocycles. The largest absolute Gasteiger partial charge is 0.492 e. The van der Waals surface area contributed by atoms with E-state index in [0.29, 0.717) is 0 Å². The molecule has 1 aromatic carbocycles. The number of hydrogen-bond acceptors (Lipinski definition) is 3. The maximum absolute atomic E-state index is 9.11. The van der Waals surface area contributed by atoms with E-state index < -0.39 is 0 Å². The molecule has 1 rings (SSSR count). The number of ether oxygens (including phenoxy) is 1. The van der Waals surface area contributed by atoms with Crippen LogP contribution in [0.4, 0.5) is 0 Å². The second kappa shape index (κ2) is 8.51. The van der Waals surface area contributed by atoms with Gasteiger partial charge in [0.15, 0.2) is 0 Å². The van der Waals surface area contributed by atoms with Crippen LogP contribution in [0.2, 0.25) is 0 Å². The van der Waals surface area contributed by atoms with Gasteiger partial charge in [0.2, 0.25) is 0 Å². The van der Waals surface area contributed by atoms with Crippen molar-refractivity contribution in [1.82, 2.24) is 5.32 Å². The molecule has 1 aromatic rings. The molecule has 0 fully saturated rings. The molecule has 0 saturated carbocycles. The van der Waals surface area contributed by atoms with Gasteiger partial charge in [0.05, 0.1) is 17.7 Å². The second-order valence-electron chi connectivity index (χ2n) is 4.28. The summed E-state index contributed by atoms with van der Waals surface area (Å²) in [5, 5.41) is 12.4. The number of nitrogens with one attached hydrogen (secondary N) is 1. The van der Waals surface area contributed by atoms with Crippen LogP contribution >= 0.6 is 15.9 Å². The van der Waals surface area contributed by atoms with Gasteiger partial charge < -0.3 is 15.2 Å². The summed E-state index contributed by atoms with van der Waals surface area (Å²) in [6.45, 7) is 5.82. The van der Waals surface area contributed by atoms with E-state index in [2.05, 4.69) is 41.2 Å². The zero-order valence-electron chi connectivity index (χ0n) is 11.1. The van der Waals surface area contributed by atoms with Crippen LogP contribution in [0.15, 0.2) is 22.7 Å². The highest BCUT2D eigenvalue weighted by Crippen LogP contribution is 2.26. The van der Waals surface area contributed by atoms with Gasteiger partial charge >= 0.3 is 0 Å². The molecule has 0 radical (unpaired) electrons. The number of hydrogen-bond donors (Lipinski definition) is 2. The first-order valence-electron chi connectivity index (χ1n) is 6.46. The number of benzene rings is 1. The molecule has 0 spiro atoms. The lowest BCUT2D eigenvalue weighted by Gasteiger charge is -2.14. The average Bonchev–Trinajstić information content (AvgIpc) is 2.39. The Kier molecular flexibility index (Phi) is 7.32. The van der Waals surface area contributed by atoms with Gasteiger partial charge in [-0.05, 0) is 46.5 Å². The minimum atomic E-state index is 0.166. The molecule has 0 aliphatic heterocycles. The fourth-order valence-electron chi connectivity index (χ4n) is 1.58. The van der Waals surface area contributed by atoms with E-state index >= 15 is 0 Å². The van der Waals surface area contributed by atoms with Gasteiger partial charge in [-0.1, -0.05) is 19.9 Å². The topological polar surface area (TPSA) is 41.5 Å². The molecule has 0 bridgehead atoms. The maximum Gasteiger partial charge on any atom is 0.133 e. The van der Waals surface area contributed by atoms with Gasteiger partial charge in [0, 0.05) is 12.6 Å². The second-order valence-corrected chi connectivity index (χ2v) is 5.14. The van der Waals surface area contributed by atoms with Crippen LogP contribution in [-0.4, -0.2) is 24.4 Å². The number of aliphatic hydroxyl groups is 1. The Balaban J connectivity index is 2.55. The van der Waals surface area contributed by atoms with Crippen molar-refractivity contribution in [3.8, 4) is 5.75 Å². The lowest BCUT2D eigenvalue weighted by atomic mass is 10.2. The molecule has 0 aliphatic rings. The third-order valence-corrected chi connectivity index (χ3v) is 3.39. The number of halogens is 1. The van der Waals surface area contributed by atoms with Crippen LogP contribution < -0.4 is 10.1 Å². The lowest BCUT2D eigenvalue weighted by molar-refractivity contribution is 0.238. The molecule has 2 N–H and O–H groups in total. The summed E-state index contributed by atoms with van der Waals surface area (Å²) in [5.74, 6) is 0.884. The van der Waals surface area contributed by atoms with E-state index in [4.69, 9.17) is 9.84 Å². The predicted molar refractivity (Wildman–Crippen MR) is 77.9 cm³/mol. The van der Waals surface area contributed by atoms with Crippen molar-refractivity contribution in [2.45, 2.75) is 39.3 Å². The highest BCUT2D eigenvalue weighted by atomic mass is 79.9. The Morgan fingerprint density at radius 2 is 2.17 bits per heavy atom. The summed E-state index contributed by atoms with van der Waals surface area (Å²) in [4.78, 5) is 0. The Bertz CT molecular complexity index is 354. The van der Waals surface area contributed by atoms with Gasteiger partial charge in [-0.25, -0.2) is 0 Å². The summed E-state index contributed by atoms with van der Waals surface area (Å²) in [5.41, 5.74) is 1.18. The summed E-state index contributed by atoms with van der Waals surface area (Å²) < 4.78 is 6.58. The standard InChI is InChI=1S/C14H22BrNO2/c1-3-7-18-14-6-5-11(8-13(14)15)9-16-12(4-2)10-17/h5-6,8,12,16-17H,3-4,7,9-10H2,1-2H3. The van der Waals surface area contributed by atoms with Crippen LogP contribution in [0.25, 0.3) is 0 Å². The first-order valence-corrected chi connectivity index (χ1v) is 7.26. The zero-order chi connectivity index (χ0) is 13.4. The summed E-state index contributed by atoms with van der Waals surface area (Å²) in [7, 11) is 0. The fraction of sp³-hybridized carbons (Fsp3) is 0.571. The number of aliphatic hydroxyl groups excluding tert-OH is 1. The predicted octanol–water partition coefficient (Wildman–Crippen LogP) is 3.10. The Morgan fingerprint density at radius 3 is 2.72 bits per heavy atom. The van der Waals surface area contributed by atoms with Crippen LogP contribution in [0.5, 0.6) is 5.75 Å². The minimum Gasteiger partial charge on any atom is -0.492 e. The summed E-state index contributed by atoms with van der Waals surface area (Å²) in [6.07, 6.45) is 1.93. The van der Waals surface area contributed by atoms with Crippen LogP contribution in [-0.2, 0) is 6.54 Å². The third-order valence-electron chi connectivity index (χ3n) is 2.77. The molecule has 0 saturated heterocycles. The SMILES string of the molecule is CCCOc1ccc(CNC(CC)CO)cc1Br. The molecule has 0 aromatic heterocycles. The molecule has 3 nitrogen and oxygen atoms in total. The Morgan fingerprint density at radius 1 is 1.39 bits per heavy atom. The van der Waals surface area contributed by atoms with Crippen LogP contribution in [0.1, 0.15) is 32.3 Å². The molecule has 0 amide bonds. The zero-order valence-corrected chi connectivity index (χ0v) is 12.7. The van der Waals surface area contributed by atoms with Crippen LogP contribution in [0.3, 0.4) is 0 Å². The maximum atomic E-state index is 9.11. The van der Waals surface area contributed by atoms with Gasteiger partial charge in [-0.3, -0.25) is 0 Å². The number of rotatable bonds is 8. The van der Waals surface area contributed by atoms with Crippen LogP contribution in [0, 0.1) is 0 Å². The van der Waals surface area contributed by atoms with Gasteiger partial charge in [-0.15, -0.1) is 0 Å². The highest BCUT2D eigenvalue weighted by molar-refractivity contribution is 9.10. The highest BCUT2D eigenvalue weighted by Gasteiger charge is 2.05. The molecule has 0 heterocycles. The van der Waals surface area contributed by atoms with Crippen molar-refractivity contribution in [3.63, 3.8) is 0 Å². The summed E-state index contributed by atoms with van der Waals surface area (Å²) >= 11 is 3.52. The molecule has 18 heavy (non-hydrogen) atoms. The fourth-order valence-corrected chi connectivity index (χ4v) is 2.12. The van der Waals surface area contributed by atoms with Gasteiger partial charge in [0.1, 0.15) is 5.75 Å². The van der Waals surface area contributed by atoms with Gasteiger partial charge in [0.25, 0.3) is 0 Å². The molecular formula is C14H22BrNO2. The molecule has 4 heteroatoms. The molecule has 1 atom stereocenters. The first-order chi connectivity index (χ1) is 8.71. The van der Waals surface area contributed by atoms with E-state index in [0.717, 1.165) is 36.2 Å². The van der Waals surface area contributed by atoms with Crippen molar-refractivity contribution >= 4 is 15.9 Å². The smallest absolute Gasteiger partial charge is 0.133 e. The monoisotopic (exact) mass is 315 g/mol. The van der Waals surface area contributed by atoms with E-state index in [1.54, 1.807) is 0 Å². The van der Waals surface area contributed by atoms with Crippen molar-refractivity contribution in [2.75, 3.05) is 13.2 Å². The Hall–Kier alpha value is -0.580. The third kappa shape index (κ3) is 4.96. The van der Waals surface area contributed by atoms with Crippen molar-refractivity contribution in [1.29, 1.82) is 0 Å². The molecule has 1 unspecified atom stereocenters. The molecule has 102 valence electrons.